The van der Waals surface area contributed by atoms with Gasteiger partial charge in [0, 0.05) is 42.2 Å². The van der Waals surface area contributed by atoms with Gasteiger partial charge in [-0.1, -0.05) is 37.5 Å². The van der Waals surface area contributed by atoms with Crippen molar-refractivity contribution in [2.24, 2.45) is 0 Å². The van der Waals surface area contributed by atoms with Crippen LogP contribution in [-0.2, 0) is 16.1 Å². The van der Waals surface area contributed by atoms with Crippen molar-refractivity contribution in [2.45, 2.75) is 26.4 Å². The first-order valence-corrected chi connectivity index (χ1v) is 11.4. The Hall–Kier alpha value is -4.46. The molecule has 0 spiro atoms. The lowest BCUT2D eigenvalue weighted by Crippen LogP contribution is -2.52. The molecule has 0 aliphatic carbocycles. The third-order valence-electron chi connectivity index (χ3n) is 5.12. The number of imidazole rings is 1. The molecular weight excluding hydrogens is 472 g/mol. The molecule has 0 bridgehead atoms. The van der Waals surface area contributed by atoms with E-state index >= 15 is 0 Å². The lowest BCUT2D eigenvalue weighted by atomic mass is 10.1. The molecule has 5 N–H and O–H groups in total. The molecule has 1 aromatic heterocycles. The summed E-state index contributed by atoms with van der Waals surface area (Å²) in [6, 6.07) is 14.9. The minimum Gasteiger partial charge on any atom is -0.352 e. The summed E-state index contributed by atoms with van der Waals surface area (Å²) in [6.07, 6.45) is 6.10. The maximum absolute atomic E-state index is 12.6. The normalized spacial score (nSPS) is 10.7. The summed E-state index contributed by atoms with van der Waals surface area (Å²) in [6.45, 7) is 1.26. The lowest BCUT2D eigenvalue weighted by Gasteiger charge is -2.17. The molecule has 0 saturated carbocycles. The number of carbonyl (C=O) groups is 3. The van der Waals surface area contributed by atoms with Crippen LogP contribution in [0, 0.1) is 11.8 Å². The van der Waals surface area contributed by atoms with Crippen LogP contribution in [0.4, 0.5) is 0 Å². The van der Waals surface area contributed by atoms with E-state index in [9.17, 15) is 14.4 Å². The summed E-state index contributed by atoms with van der Waals surface area (Å²) in [5.41, 5.74) is 3.43. The quantitative estimate of drug-likeness (QED) is 0.116. The van der Waals surface area contributed by atoms with Gasteiger partial charge in [0.1, 0.15) is 6.04 Å². The van der Waals surface area contributed by atoms with Gasteiger partial charge in [0.15, 0.2) is 0 Å². The van der Waals surface area contributed by atoms with Crippen molar-refractivity contribution in [1.82, 2.24) is 31.0 Å². The Morgan fingerprint density at radius 1 is 1.00 bits per heavy atom. The molecule has 0 unspecified atom stereocenters. The predicted octanol–water partition coefficient (Wildman–Crippen LogP) is 1.32. The number of rotatable bonds is 11. The Labute approximate surface area is 216 Å². The molecule has 0 saturated heterocycles. The van der Waals surface area contributed by atoms with Gasteiger partial charge in [-0.05, 0) is 49.4 Å². The second-order valence-electron chi connectivity index (χ2n) is 7.83. The number of amides is 3. The number of aromatic nitrogens is 2. The highest BCUT2D eigenvalue weighted by atomic mass is 16.5. The van der Waals surface area contributed by atoms with E-state index < -0.39 is 17.9 Å². The van der Waals surface area contributed by atoms with Crippen molar-refractivity contribution < 1.29 is 19.6 Å². The first kappa shape index (κ1) is 28.8. The second-order valence-corrected chi connectivity index (χ2v) is 7.83. The second kappa shape index (κ2) is 15.5. The molecule has 2 aromatic carbocycles. The van der Waals surface area contributed by atoms with Crippen molar-refractivity contribution >= 4 is 17.7 Å². The fourth-order valence-electron chi connectivity index (χ4n) is 3.19. The molecule has 3 aromatic rings. The Balaban J connectivity index is 0.00000481. The first-order valence-electron chi connectivity index (χ1n) is 11.4. The molecule has 0 aliphatic heterocycles. The highest BCUT2D eigenvalue weighted by Crippen LogP contribution is 2.05. The molecule has 1 heterocycles. The topological polar surface area (TPSA) is 137 Å². The molecule has 0 aliphatic rings. The first-order chi connectivity index (χ1) is 17.5. The number of benzene rings is 2. The van der Waals surface area contributed by atoms with Crippen molar-refractivity contribution in [3.63, 3.8) is 0 Å². The van der Waals surface area contributed by atoms with Gasteiger partial charge in [-0.15, -0.1) is 0 Å². The molecule has 0 fully saturated rings. The van der Waals surface area contributed by atoms with Crippen molar-refractivity contribution in [2.75, 3.05) is 19.6 Å². The number of hydrogen-bond acceptors (Lipinski definition) is 6. The van der Waals surface area contributed by atoms with Crippen LogP contribution in [0.1, 0.15) is 35.3 Å². The molecule has 3 amide bonds. The zero-order valence-corrected chi connectivity index (χ0v) is 19.6. The van der Waals surface area contributed by atoms with Crippen molar-refractivity contribution in [1.29, 1.82) is 0 Å². The van der Waals surface area contributed by atoms with Gasteiger partial charge < -0.3 is 20.5 Å². The number of hydrogen-bond donors (Lipinski definition) is 5. The molecule has 1 atom stereocenters. The molecule has 3 rings (SSSR count). The molecular formula is C27H32N6O4. The summed E-state index contributed by atoms with van der Waals surface area (Å²) in [5.74, 6) is 4.34. The average Bonchev–Trinajstić information content (AvgIpc) is 3.43. The summed E-state index contributed by atoms with van der Waals surface area (Å²) < 4.78 is 1.94. The lowest BCUT2D eigenvalue weighted by molar-refractivity contribution is -0.131. The van der Waals surface area contributed by atoms with Gasteiger partial charge in [-0.2, -0.15) is 0 Å². The van der Waals surface area contributed by atoms with Gasteiger partial charge >= 0.3 is 0 Å². The summed E-state index contributed by atoms with van der Waals surface area (Å²) in [7, 11) is 0. The van der Waals surface area contributed by atoms with E-state index in [4.69, 9.17) is 5.21 Å². The van der Waals surface area contributed by atoms with E-state index in [1.165, 1.54) is 5.48 Å². The zero-order valence-electron chi connectivity index (χ0n) is 19.6. The zero-order chi connectivity index (χ0) is 25.6. The van der Waals surface area contributed by atoms with E-state index in [0.29, 0.717) is 12.1 Å². The van der Waals surface area contributed by atoms with Crippen LogP contribution < -0.4 is 21.4 Å². The van der Waals surface area contributed by atoms with Crippen molar-refractivity contribution in [3.05, 3.63) is 90.0 Å². The molecule has 10 nitrogen and oxygen atoms in total. The summed E-state index contributed by atoms with van der Waals surface area (Å²) in [4.78, 5) is 40.7. The number of carbonyl (C=O) groups excluding carboxylic acids is 3. The van der Waals surface area contributed by atoms with E-state index in [0.717, 1.165) is 24.1 Å². The van der Waals surface area contributed by atoms with Gasteiger partial charge in [0.25, 0.3) is 11.8 Å². The number of aryl methyl sites for hydroxylation is 1. The van der Waals surface area contributed by atoms with Crippen LogP contribution in [0.2, 0.25) is 0 Å². The van der Waals surface area contributed by atoms with Gasteiger partial charge in [-0.3, -0.25) is 19.6 Å². The smallest absolute Gasteiger partial charge is 0.267 e. The van der Waals surface area contributed by atoms with E-state index in [2.05, 4.69) is 32.8 Å². The predicted molar refractivity (Wildman–Crippen MR) is 140 cm³/mol. The maximum atomic E-state index is 12.6. The van der Waals surface area contributed by atoms with Crippen LogP contribution in [0.25, 0.3) is 0 Å². The Morgan fingerprint density at radius 3 is 2.35 bits per heavy atom. The Morgan fingerprint density at radius 2 is 1.70 bits per heavy atom. The van der Waals surface area contributed by atoms with E-state index in [-0.39, 0.29) is 26.4 Å². The van der Waals surface area contributed by atoms with Crippen LogP contribution >= 0.6 is 0 Å². The molecule has 10 heteroatoms. The molecule has 37 heavy (non-hydrogen) atoms. The van der Waals surface area contributed by atoms with Gasteiger partial charge in [0.05, 0.1) is 12.9 Å². The highest BCUT2D eigenvalue weighted by Gasteiger charge is 2.21. The SMILES string of the molecule is C.O=C(CNCCCn1ccnc1)NC[C@H](NC(=O)c1ccc(C#Cc2ccccc2)cc1)C(=O)NO. The highest BCUT2D eigenvalue weighted by molar-refractivity contribution is 5.97. The minimum absolute atomic E-state index is 0. The number of nitrogens with one attached hydrogen (secondary N) is 4. The molecule has 194 valence electrons. The summed E-state index contributed by atoms with van der Waals surface area (Å²) >= 11 is 0. The largest absolute Gasteiger partial charge is 0.352 e. The van der Waals surface area contributed by atoms with Crippen LogP contribution in [-0.4, -0.2) is 58.2 Å². The fraction of sp³-hybridized carbons (Fsp3) is 0.259. The third-order valence-corrected chi connectivity index (χ3v) is 5.12. The molecule has 0 radical (unpaired) electrons. The van der Waals surface area contributed by atoms with Crippen molar-refractivity contribution in [3.8, 4) is 11.8 Å². The van der Waals surface area contributed by atoms with Crippen LogP contribution in [0.5, 0.6) is 0 Å². The Kier molecular flexibility index (Phi) is 12.1. The minimum atomic E-state index is -1.16. The number of nitrogens with zero attached hydrogens (tertiary/aromatic N) is 2. The monoisotopic (exact) mass is 504 g/mol. The standard InChI is InChI=1S/C26H28N6O4.CH4/c33-24(18-27-13-4-15-32-16-14-28-19-32)29-17-23(26(35)31-36)30-25(34)22-11-9-21(10-12-22)8-7-20-5-2-1-3-6-20;/h1-3,5-6,9-12,14,16,19,23,27,36H,4,13,15,17-18H2,(H,29,33)(H,30,34)(H,31,35);1H4/t23-;/m0./s1. The average molecular weight is 505 g/mol. The Bertz CT molecular complexity index is 1190. The van der Waals surface area contributed by atoms with Gasteiger partial charge in [0.2, 0.25) is 5.91 Å². The fourth-order valence-corrected chi connectivity index (χ4v) is 3.19. The third kappa shape index (κ3) is 9.97. The van der Waals surface area contributed by atoms with E-state index in [1.54, 1.807) is 36.8 Å². The van der Waals surface area contributed by atoms with Crippen LogP contribution in [0.3, 0.4) is 0 Å². The van der Waals surface area contributed by atoms with Gasteiger partial charge in [-0.25, -0.2) is 10.5 Å². The number of hydroxylamine groups is 1. The van der Waals surface area contributed by atoms with Crippen LogP contribution in [0.15, 0.2) is 73.3 Å². The summed E-state index contributed by atoms with van der Waals surface area (Å²) in [5, 5.41) is 17.1. The van der Waals surface area contributed by atoms with E-state index in [1.807, 2.05) is 41.1 Å². The maximum Gasteiger partial charge on any atom is 0.267 e.